The van der Waals surface area contributed by atoms with E-state index in [2.05, 4.69) is 0 Å². The zero-order valence-corrected chi connectivity index (χ0v) is 10.0. The van der Waals surface area contributed by atoms with Crippen LogP contribution in [0.5, 0.6) is 0 Å². The van der Waals surface area contributed by atoms with Gasteiger partial charge in [0.05, 0.1) is 10.7 Å². The lowest BCUT2D eigenvalue weighted by Crippen LogP contribution is -2.17. The first-order valence-corrected chi connectivity index (χ1v) is 5.34. The highest BCUT2D eigenvalue weighted by Crippen LogP contribution is 2.29. The zero-order chi connectivity index (χ0) is 12.1. The van der Waals surface area contributed by atoms with E-state index in [0.29, 0.717) is 5.02 Å². The summed E-state index contributed by atoms with van der Waals surface area (Å²) >= 11 is 6.10. The molecule has 1 rings (SSSR count). The zero-order valence-electron chi connectivity index (χ0n) is 9.27. The van der Waals surface area contributed by atoms with Crippen molar-refractivity contribution in [3.63, 3.8) is 0 Å². The van der Waals surface area contributed by atoms with Crippen LogP contribution in [-0.4, -0.2) is 24.7 Å². The van der Waals surface area contributed by atoms with Gasteiger partial charge in [0, 0.05) is 19.7 Å². The van der Waals surface area contributed by atoms with E-state index in [1.165, 1.54) is 0 Å². The predicted octanol–water partition coefficient (Wildman–Crippen LogP) is 2.89. The van der Waals surface area contributed by atoms with Gasteiger partial charge in [0.2, 0.25) is 0 Å². The summed E-state index contributed by atoms with van der Waals surface area (Å²) in [4.78, 5) is 12.5. The topological polar surface area (TPSA) is 40.5 Å². The van der Waals surface area contributed by atoms with Crippen LogP contribution in [0.3, 0.4) is 0 Å². The lowest BCUT2D eigenvalue weighted by Gasteiger charge is -2.20. The van der Waals surface area contributed by atoms with E-state index in [0.717, 1.165) is 23.9 Å². The van der Waals surface area contributed by atoms with E-state index in [1.54, 1.807) is 18.2 Å². The summed E-state index contributed by atoms with van der Waals surface area (Å²) in [6.07, 6.45) is 2.66. The van der Waals surface area contributed by atoms with Crippen LogP contribution < -0.4 is 4.90 Å². The van der Waals surface area contributed by atoms with Crippen molar-refractivity contribution < 1.29 is 9.90 Å². The molecular formula is C12H14ClNO2. The summed E-state index contributed by atoms with van der Waals surface area (Å²) in [5, 5.41) is 9.22. The molecule has 0 bridgehead atoms. The molecule has 0 saturated heterocycles. The van der Waals surface area contributed by atoms with Gasteiger partial charge in [-0.15, -0.1) is 0 Å². The van der Waals surface area contributed by atoms with Gasteiger partial charge in [-0.2, -0.15) is 0 Å². The molecule has 0 spiro atoms. The number of para-hydroxylation sites is 1. The van der Waals surface area contributed by atoms with Gasteiger partial charge in [-0.25, -0.2) is 4.79 Å². The number of carbonyl (C=O) groups is 1. The quantitative estimate of drug-likeness (QED) is 0.822. The summed E-state index contributed by atoms with van der Waals surface area (Å²) in [7, 11) is 1.92. The Morgan fingerprint density at radius 2 is 2.25 bits per heavy atom. The molecule has 0 radical (unpaired) electrons. The van der Waals surface area contributed by atoms with Crippen LogP contribution in [0, 0.1) is 0 Å². The maximum absolute atomic E-state index is 10.5. The second kappa shape index (κ2) is 5.56. The van der Waals surface area contributed by atoms with Gasteiger partial charge in [0.1, 0.15) is 0 Å². The Labute approximate surface area is 100.0 Å². The molecule has 1 aromatic carbocycles. The van der Waals surface area contributed by atoms with E-state index in [4.69, 9.17) is 16.7 Å². The molecule has 1 aromatic rings. The van der Waals surface area contributed by atoms with Crippen molar-refractivity contribution in [2.75, 3.05) is 18.5 Å². The minimum Gasteiger partial charge on any atom is -0.478 e. The summed E-state index contributed by atoms with van der Waals surface area (Å²) < 4.78 is 0. The minimum atomic E-state index is -0.968. The van der Waals surface area contributed by atoms with Crippen molar-refractivity contribution in [1.29, 1.82) is 0 Å². The van der Waals surface area contributed by atoms with Crippen molar-refractivity contribution in [3.8, 4) is 0 Å². The summed E-state index contributed by atoms with van der Waals surface area (Å²) in [5.74, 6) is -0.968. The molecule has 0 aliphatic rings. The maximum atomic E-state index is 10.5. The van der Waals surface area contributed by atoms with Gasteiger partial charge < -0.3 is 10.0 Å². The van der Waals surface area contributed by atoms with Crippen molar-refractivity contribution in [1.82, 2.24) is 0 Å². The van der Waals surface area contributed by atoms with Gasteiger partial charge in [-0.3, -0.25) is 0 Å². The van der Waals surface area contributed by atoms with Crippen LogP contribution in [0.1, 0.15) is 12.5 Å². The van der Waals surface area contributed by atoms with Crippen molar-refractivity contribution in [2.24, 2.45) is 0 Å². The molecule has 4 heteroatoms. The number of benzene rings is 1. The van der Waals surface area contributed by atoms with Gasteiger partial charge >= 0.3 is 5.97 Å². The molecule has 0 unspecified atom stereocenters. The maximum Gasteiger partial charge on any atom is 0.328 e. The third-order valence-corrected chi connectivity index (χ3v) is 2.58. The predicted molar refractivity (Wildman–Crippen MR) is 67.1 cm³/mol. The molecule has 0 atom stereocenters. The number of nitrogens with zero attached hydrogens (tertiary/aromatic N) is 1. The van der Waals surface area contributed by atoms with E-state index < -0.39 is 5.97 Å². The largest absolute Gasteiger partial charge is 0.478 e. The van der Waals surface area contributed by atoms with Gasteiger partial charge in [-0.05, 0) is 24.6 Å². The highest BCUT2D eigenvalue weighted by Gasteiger charge is 2.08. The Morgan fingerprint density at radius 3 is 2.81 bits per heavy atom. The molecule has 0 aliphatic carbocycles. The Bertz CT molecular complexity index is 415. The molecule has 0 heterocycles. The lowest BCUT2D eigenvalue weighted by molar-refractivity contribution is -0.131. The van der Waals surface area contributed by atoms with Crippen molar-refractivity contribution in [3.05, 3.63) is 34.9 Å². The Balaban J connectivity index is 3.17. The smallest absolute Gasteiger partial charge is 0.328 e. The van der Waals surface area contributed by atoms with E-state index in [9.17, 15) is 4.79 Å². The highest BCUT2D eigenvalue weighted by molar-refractivity contribution is 6.33. The van der Waals surface area contributed by atoms with Crippen LogP contribution in [0.4, 0.5) is 5.69 Å². The Morgan fingerprint density at radius 1 is 1.56 bits per heavy atom. The molecule has 3 nitrogen and oxygen atoms in total. The number of hydrogen-bond acceptors (Lipinski definition) is 2. The molecule has 16 heavy (non-hydrogen) atoms. The first-order valence-electron chi connectivity index (χ1n) is 4.97. The molecule has 0 amide bonds. The number of carboxylic acid groups (broad SMARTS) is 1. The number of hydrogen-bond donors (Lipinski definition) is 1. The number of anilines is 1. The fourth-order valence-corrected chi connectivity index (χ4v) is 1.71. The average Bonchev–Trinajstić information content (AvgIpc) is 2.25. The van der Waals surface area contributed by atoms with Crippen LogP contribution in [0.15, 0.2) is 24.3 Å². The third kappa shape index (κ3) is 3.00. The van der Waals surface area contributed by atoms with Crippen LogP contribution in [0.25, 0.3) is 6.08 Å². The number of rotatable bonds is 4. The minimum absolute atomic E-state index is 0.622. The van der Waals surface area contributed by atoms with Gasteiger partial charge in [-0.1, -0.05) is 23.7 Å². The highest BCUT2D eigenvalue weighted by atomic mass is 35.5. The number of aliphatic carboxylic acids is 1. The average molecular weight is 240 g/mol. The fourth-order valence-electron chi connectivity index (χ4n) is 1.39. The number of halogens is 1. The molecule has 0 saturated carbocycles. The Hall–Kier alpha value is -1.48. The van der Waals surface area contributed by atoms with Gasteiger partial charge in [0.25, 0.3) is 0 Å². The molecular weight excluding hydrogens is 226 g/mol. The molecule has 86 valence electrons. The molecule has 0 fully saturated rings. The normalized spacial score (nSPS) is 10.7. The standard InChI is InChI=1S/C12H14ClNO2/c1-3-14(2)12-9(7-8-11(15)16)5-4-6-10(12)13/h4-8H,3H2,1-2H3,(H,15,16)/b8-7+. The first-order chi connectivity index (χ1) is 7.56. The fraction of sp³-hybridized carbons (Fsp3) is 0.250. The van der Waals surface area contributed by atoms with Crippen molar-refractivity contribution in [2.45, 2.75) is 6.92 Å². The van der Waals surface area contributed by atoms with E-state index in [1.807, 2.05) is 24.9 Å². The van der Waals surface area contributed by atoms with Crippen molar-refractivity contribution >= 4 is 29.3 Å². The Kier molecular flexibility index (Phi) is 4.38. The molecule has 1 N–H and O–H groups in total. The van der Waals surface area contributed by atoms with Gasteiger partial charge in [0.15, 0.2) is 0 Å². The third-order valence-electron chi connectivity index (χ3n) is 2.28. The monoisotopic (exact) mass is 239 g/mol. The van der Waals surface area contributed by atoms with Crippen LogP contribution >= 0.6 is 11.6 Å². The SMILES string of the molecule is CCN(C)c1c(Cl)cccc1/C=C/C(=O)O. The first kappa shape index (κ1) is 12.6. The second-order valence-electron chi connectivity index (χ2n) is 3.36. The lowest BCUT2D eigenvalue weighted by atomic mass is 10.1. The van der Waals surface area contributed by atoms with E-state index in [-0.39, 0.29) is 0 Å². The van der Waals surface area contributed by atoms with Crippen LogP contribution in [-0.2, 0) is 4.79 Å². The number of carboxylic acids is 1. The molecule has 0 aliphatic heterocycles. The molecule has 0 aromatic heterocycles. The summed E-state index contributed by atoms with van der Waals surface area (Å²) in [6, 6.07) is 5.44. The second-order valence-corrected chi connectivity index (χ2v) is 3.77. The summed E-state index contributed by atoms with van der Waals surface area (Å²) in [6.45, 7) is 2.81. The summed E-state index contributed by atoms with van der Waals surface area (Å²) in [5.41, 5.74) is 1.66. The van der Waals surface area contributed by atoms with E-state index >= 15 is 0 Å². The van der Waals surface area contributed by atoms with Crippen LogP contribution in [0.2, 0.25) is 5.02 Å².